The molecule has 4 aromatic heterocycles. The minimum atomic E-state index is 0.613. The van der Waals surface area contributed by atoms with Crippen LogP contribution < -0.4 is 0 Å². The van der Waals surface area contributed by atoms with Gasteiger partial charge in [-0.15, -0.1) is 22.7 Å². The van der Waals surface area contributed by atoms with Gasteiger partial charge in [-0.3, -0.25) is 4.57 Å². The van der Waals surface area contributed by atoms with Gasteiger partial charge in [0.25, 0.3) is 0 Å². The number of nitrogens with zero attached hydrogens (tertiary/aromatic N) is 4. The Kier molecular flexibility index (Phi) is 5.29. The summed E-state index contributed by atoms with van der Waals surface area (Å²) in [4.78, 5) is 15.6. The molecule has 0 saturated heterocycles. The highest BCUT2D eigenvalue weighted by molar-refractivity contribution is 7.26. The minimum Gasteiger partial charge on any atom is -0.278 e. The van der Waals surface area contributed by atoms with Crippen LogP contribution in [0.4, 0.5) is 0 Å². The van der Waals surface area contributed by atoms with Gasteiger partial charge in [-0.05, 0) is 36.4 Å². The Labute approximate surface area is 265 Å². The zero-order valence-corrected chi connectivity index (χ0v) is 25.4. The third-order valence-corrected chi connectivity index (χ3v) is 10.9. The van der Waals surface area contributed by atoms with E-state index in [1.807, 2.05) is 29.5 Å². The molecule has 0 saturated carbocycles. The lowest BCUT2D eigenvalue weighted by Gasteiger charge is -2.11. The van der Waals surface area contributed by atoms with Gasteiger partial charge in [0.05, 0.1) is 11.0 Å². The van der Waals surface area contributed by atoms with Crippen molar-refractivity contribution in [3.8, 4) is 28.7 Å². The molecule has 0 fully saturated rings. The molecule has 4 heterocycles. The van der Waals surface area contributed by atoms with E-state index in [2.05, 4.69) is 120 Å². The molecule has 0 aliphatic heterocycles. The van der Waals surface area contributed by atoms with Gasteiger partial charge in [-0.25, -0.2) is 4.98 Å². The molecule has 0 atom stereocenters. The molecule has 0 aliphatic carbocycles. The topological polar surface area (TPSA) is 43.6 Å². The van der Waals surface area contributed by atoms with Crippen molar-refractivity contribution < 1.29 is 0 Å². The van der Waals surface area contributed by atoms with E-state index >= 15 is 0 Å². The number of hydrogen-bond donors (Lipinski definition) is 0. The zero-order chi connectivity index (χ0) is 29.5. The van der Waals surface area contributed by atoms with E-state index < -0.39 is 0 Å². The van der Waals surface area contributed by atoms with Gasteiger partial charge in [0, 0.05) is 62.2 Å². The molecule has 0 spiro atoms. The van der Waals surface area contributed by atoms with E-state index in [1.54, 1.807) is 11.3 Å². The fourth-order valence-corrected chi connectivity index (χ4v) is 8.92. The quantitative estimate of drug-likeness (QED) is 0.200. The van der Waals surface area contributed by atoms with Crippen LogP contribution in [0.25, 0.3) is 90.9 Å². The highest BCUT2D eigenvalue weighted by atomic mass is 32.1. The van der Waals surface area contributed by atoms with Crippen LogP contribution in [0.3, 0.4) is 0 Å². The molecular weight excluding hydrogens is 589 g/mol. The summed E-state index contributed by atoms with van der Waals surface area (Å²) in [5.74, 6) is 1.94. The lowest BCUT2D eigenvalue weighted by atomic mass is 10.1. The van der Waals surface area contributed by atoms with Crippen molar-refractivity contribution in [1.29, 1.82) is 0 Å². The molecule has 0 radical (unpaired) electrons. The molecular formula is C39H22N4S2. The summed E-state index contributed by atoms with van der Waals surface area (Å²) in [6, 6.07) is 47.1. The third-order valence-electron chi connectivity index (χ3n) is 8.67. The van der Waals surface area contributed by atoms with E-state index in [1.165, 1.54) is 51.1 Å². The lowest BCUT2D eigenvalue weighted by Crippen LogP contribution is -2.06. The Morgan fingerprint density at radius 2 is 1.09 bits per heavy atom. The molecule has 0 aliphatic rings. The Morgan fingerprint density at radius 1 is 0.422 bits per heavy atom. The molecule has 0 N–H and O–H groups in total. The number of rotatable bonds is 3. The van der Waals surface area contributed by atoms with Crippen LogP contribution in [-0.4, -0.2) is 19.5 Å². The second kappa shape index (κ2) is 9.53. The maximum absolute atomic E-state index is 5.28. The van der Waals surface area contributed by atoms with E-state index in [9.17, 15) is 0 Å². The first-order chi connectivity index (χ1) is 22.3. The van der Waals surface area contributed by atoms with Crippen molar-refractivity contribution in [2.45, 2.75) is 0 Å². The molecule has 10 rings (SSSR count). The van der Waals surface area contributed by atoms with Gasteiger partial charge >= 0.3 is 0 Å². The molecule has 210 valence electrons. The summed E-state index contributed by atoms with van der Waals surface area (Å²) >= 11 is 3.63. The summed E-state index contributed by atoms with van der Waals surface area (Å²) in [6.45, 7) is 0. The number of hydrogen-bond acceptors (Lipinski definition) is 5. The second-order valence-corrected chi connectivity index (χ2v) is 13.4. The van der Waals surface area contributed by atoms with Crippen LogP contribution in [-0.2, 0) is 0 Å². The van der Waals surface area contributed by atoms with Crippen LogP contribution in [0.15, 0.2) is 133 Å². The highest BCUT2D eigenvalue weighted by Crippen LogP contribution is 2.42. The molecule has 0 unspecified atom stereocenters. The van der Waals surface area contributed by atoms with E-state index in [0.29, 0.717) is 17.6 Å². The van der Waals surface area contributed by atoms with Gasteiger partial charge in [0.2, 0.25) is 5.95 Å². The minimum absolute atomic E-state index is 0.613. The maximum Gasteiger partial charge on any atom is 0.238 e. The van der Waals surface area contributed by atoms with Crippen molar-refractivity contribution in [1.82, 2.24) is 19.5 Å². The fraction of sp³-hybridized carbons (Fsp3) is 0. The summed E-state index contributed by atoms with van der Waals surface area (Å²) in [5, 5.41) is 7.35. The number of thiophene rings is 2. The first kappa shape index (κ1) is 25.0. The molecule has 0 amide bonds. The molecule has 0 bridgehead atoms. The summed E-state index contributed by atoms with van der Waals surface area (Å²) in [7, 11) is 0. The van der Waals surface area contributed by atoms with Crippen LogP contribution >= 0.6 is 22.7 Å². The van der Waals surface area contributed by atoms with Gasteiger partial charge in [0.15, 0.2) is 11.6 Å². The predicted molar refractivity (Wildman–Crippen MR) is 191 cm³/mol. The predicted octanol–water partition coefficient (Wildman–Crippen LogP) is 11.0. The van der Waals surface area contributed by atoms with Gasteiger partial charge in [-0.1, -0.05) is 97.1 Å². The smallest absolute Gasteiger partial charge is 0.238 e. The summed E-state index contributed by atoms with van der Waals surface area (Å²) < 4.78 is 7.24. The van der Waals surface area contributed by atoms with Crippen molar-refractivity contribution in [3.05, 3.63) is 133 Å². The SMILES string of the molecule is c1ccc(-c2nc(-c3cccc4sc5ccccc5c34)nc(-n3c4ccccc4c4cc5c(cc43)sc3ccccc35)n2)cc1. The zero-order valence-electron chi connectivity index (χ0n) is 23.8. The van der Waals surface area contributed by atoms with Crippen LogP contribution in [0, 0.1) is 0 Å². The van der Waals surface area contributed by atoms with E-state index in [0.717, 1.165) is 22.2 Å². The average molecular weight is 611 g/mol. The Balaban J connectivity index is 1.32. The second-order valence-electron chi connectivity index (χ2n) is 11.2. The van der Waals surface area contributed by atoms with Crippen molar-refractivity contribution in [2.24, 2.45) is 0 Å². The first-order valence-electron chi connectivity index (χ1n) is 14.9. The van der Waals surface area contributed by atoms with Crippen molar-refractivity contribution in [3.63, 3.8) is 0 Å². The fourth-order valence-electron chi connectivity index (χ4n) is 6.67. The van der Waals surface area contributed by atoms with E-state index in [4.69, 9.17) is 15.0 Å². The summed E-state index contributed by atoms with van der Waals surface area (Å²) in [5.41, 5.74) is 4.13. The van der Waals surface area contributed by atoms with Gasteiger partial charge in [0.1, 0.15) is 0 Å². The van der Waals surface area contributed by atoms with Crippen LogP contribution in [0.5, 0.6) is 0 Å². The Bertz CT molecular complexity index is 2770. The first-order valence-corrected chi connectivity index (χ1v) is 16.5. The lowest BCUT2D eigenvalue weighted by molar-refractivity contribution is 0.955. The largest absolute Gasteiger partial charge is 0.278 e. The maximum atomic E-state index is 5.28. The monoisotopic (exact) mass is 610 g/mol. The standard InChI is InChI=1S/C39H22N4S2/c1-2-11-23(12-3-1)37-40-38(27-16-10-20-34-36(27)26-15-6-9-19-33(26)44-34)42-39(41-37)43-30-17-7-4-13-24(30)28-21-29-25-14-5-8-18-32(25)45-35(29)22-31(28)43/h1-22H. The van der Waals surface area contributed by atoms with Gasteiger partial charge < -0.3 is 0 Å². The van der Waals surface area contributed by atoms with Crippen molar-refractivity contribution >= 4 is 84.8 Å². The third kappa shape index (κ3) is 3.73. The number of fused-ring (bicyclic) bond motifs is 9. The average Bonchev–Trinajstić information content (AvgIpc) is 3.76. The van der Waals surface area contributed by atoms with Crippen LogP contribution in [0.1, 0.15) is 0 Å². The molecule has 4 nitrogen and oxygen atoms in total. The number of para-hydroxylation sites is 1. The number of aromatic nitrogens is 4. The molecule has 10 aromatic rings. The van der Waals surface area contributed by atoms with Crippen LogP contribution in [0.2, 0.25) is 0 Å². The Hall–Kier alpha value is -5.43. The molecule has 6 heteroatoms. The highest BCUT2D eigenvalue weighted by Gasteiger charge is 2.21. The van der Waals surface area contributed by atoms with E-state index in [-0.39, 0.29) is 0 Å². The normalized spacial score (nSPS) is 12.0. The summed E-state index contributed by atoms with van der Waals surface area (Å²) in [6.07, 6.45) is 0. The number of benzene rings is 6. The Morgan fingerprint density at radius 3 is 1.96 bits per heavy atom. The molecule has 45 heavy (non-hydrogen) atoms. The molecule has 6 aromatic carbocycles. The van der Waals surface area contributed by atoms with Crippen molar-refractivity contribution in [2.75, 3.05) is 0 Å². The van der Waals surface area contributed by atoms with Gasteiger partial charge in [-0.2, -0.15) is 9.97 Å².